The van der Waals surface area contributed by atoms with Gasteiger partial charge in [-0.25, -0.2) is 4.39 Å². The van der Waals surface area contributed by atoms with Crippen LogP contribution in [0.15, 0.2) is 48.5 Å². The van der Waals surface area contributed by atoms with Crippen molar-refractivity contribution in [3.8, 4) is 0 Å². The summed E-state index contributed by atoms with van der Waals surface area (Å²) in [6, 6.07) is 11.8. The third-order valence-corrected chi connectivity index (χ3v) is 5.02. The number of benzene rings is 2. The van der Waals surface area contributed by atoms with Crippen LogP contribution in [-0.2, 0) is 9.59 Å². The maximum Gasteiger partial charge on any atom is 0.291 e. The molecule has 2 aromatic rings. The first kappa shape index (κ1) is 19.9. The summed E-state index contributed by atoms with van der Waals surface area (Å²) in [6.45, 7) is 2.75. The number of hydrogen-bond donors (Lipinski definition) is 0. The molecule has 1 aliphatic heterocycles. The lowest BCUT2D eigenvalue weighted by atomic mass is 9.86. The Morgan fingerprint density at radius 1 is 1.04 bits per heavy atom. The Hall–Kier alpha value is -2.86. The molecule has 0 N–H and O–H groups in total. The van der Waals surface area contributed by atoms with Crippen molar-refractivity contribution in [2.75, 3.05) is 27.2 Å². The molecule has 1 saturated heterocycles. The van der Waals surface area contributed by atoms with Crippen molar-refractivity contribution >= 4 is 17.5 Å². The molecule has 0 bridgehead atoms. The summed E-state index contributed by atoms with van der Waals surface area (Å²) in [7, 11) is 3.73. The molecule has 1 aliphatic rings. The molecule has 1 amide bonds. The molecule has 0 spiro atoms. The second kappa shape index (κ2) is 8.02. The summed E-state index contributed by atoms with van der Waals surface area (Å²) in [6.07, 6.45) is 0. The molecule has 2 aromatic carbocycles. The number of amides is 1. The number of likely N-dealkylation sites (N-methyl/N-ethyl adjacent to an activating group) is 1. The molecule has 1 heterocycles. The number of nitrogens with zero attached hydrogens (tertiary/aromatic N) is 2. The smallest absolute Gasteiger partial charge is 0.291 e. The highest BCUT2D eigenvalue weighted by Crippen LogP contribution is 2.38. The van der Waals surface area contributed by atoms with E-state index in [1.54, 1.807) is 24.3 Å². The zero-order valence-electron chi connectivity index (χ0n) is 16.2. The van der Waals surface area contributed by atoms with Crippen LogP contribution in [0.5, 0.6) is 0 Å². The Balaban J connectivity index is 2.02. The highest BCUT2D eigenvalue weighted by Gasteiger charge is 2.51. The predicted octanol–water partition coefficient (Wildman–Crippen LogP) is 2.65. The Morgan fingerprint density at radius 2 is 1.64 bits per heavy atom. The Labute approximate surface area is 163 Å². The minimum atomic E-state index is -1.14. The van der Waals surface area contributed by atoms with Gasteiger partial charge in [0, 0.05) is 18.7 Å². The van der Waals surface area contributed by atoms with Crippen LogP contribution < -0.4 is 0 Å². The van der Waals surface area contributed by atoms with Crippen molar-refractivity contribution < 1.29 is 18.8 Å². The van der Waals surface area contributed by atoms with E-state index in [-0.39, 0.29) is 5.78 Å². The fourth-order valence-electron chi connectivity index (χ4n) is 3.46. The summed E-state index contributed by atoms with van der Waals surface area (Å²) in [5.41, 5.74) is 1.95. The van der Waals surface area contributed by atoms with Crippen LogP contribution in [0.2, 0.25) is 0 Å². The van der Waals surface area contributed by atoms with E-state index in [4.69, 9.17) is 0 Å². The molecular formula is C22H23FN2O3. The van der Waals surface area contributed by atoms with Gasteiger partial charge in [0.2, 0.25) is 5.78 Å². The van der Waals surface area contributed by atoms with Crippen LogP contribution in [0, 0.1) is 18.7 Å². The van der Waals surface area contributed by atoms with E-state index in [0.717, 1.165) is 5.56 Å². The quantitative estimate of drug-likeness (QED) is 0.438. The highest BCUT2D eigenvalue weighted by molar-refractivity contribution is 6.44. The molecule has 146 valence electrons. The standard InChI is InChI=1S/C22H23FN2O3/c1-14-4-6-16(7-5-14)20(26)18-19(15-8-10-17(23)11-9-15)25(13-12-24(2)3)22(28)21(18)27/h4-11,18-19H,12-13H2,1-3H3. The van der Waals surface area contributed by atoms with Gasteiger partial charge in [-0.2, -0.15) is 0 Å². The van der Waals surface area contributed by atoms with E-state index in [9.17, 15) is 18.8 Å². The maximum absolute atomic E-state index is 13.4. The van der Waals surface area contributed by atoms with Crippen molar-refractivity contribution in [1.82, 2.24) is 9.80 Å². The Kier molecular flexibility index (Phi) is 5.70. The average Bonchev–Trinajstić information content (AvgIpc) is 2.91. The third-order valence-electron chi connectivity index (χ3n) is 5.02. The monoisotopic (exact) mass is 382 g/mol. The summed E-state index contributed by atoms with van der Waals surface area (Å²) in [5.74, 6) is -3.32. The van der Waals surface area contributed by atoms with Crippen LogP contribution in [0.3, 0.4) is 0 Å². The van der Waals surface area contributed by atoms with E-state index < -0.39 is 29.5 Å². The van der Waals surface area contributed by atoms with Gasteiger partial charge in [-0.15, -0.1) is 0 Å². The lowest BCUT2D eigenvalue weighted by Gasteiger charge is -2.28. The molecule has 3 rings (SSSR count). The van der Waals surface area contributed by atoms with E-state index in [1.165, 1.54) is 29.2 Å². The van der Waals surface area contributed by atoms with Crippen LogP contribution in [0.4, 0.5) is 4.39 Å². The third kappa shape index (κ3) is 3.87. The van der Waals surface area contributed by atoms with E-state index >= 15 is 0 Å². The van der Waals surface area contributed by atoms with Crippen molar-refractivity contribution in [1.29, 1.82) is 0 Å². The average molecular weight is 382 g/mol. The van der Waals surface area contributed by atoms with Crippen molar-refractivity contribution in [3.05, 3.63) is 71.0 Å². The van der Waals surface area contributed by atoms with E-state index in [1.807, 2.05) is 25.9 Å². The van der Waals surface area contributed by atoms with Gasteiger partial charge in [0.05, 0.1) is 6.04 Å². The maximum atomic E-state index is 13.4. The minimum absolute atomic E-state index is 0.303. The Morgan fingerprint density at radius 3 is 2.21 bits per heavy atom. The summed E-state index contributed by atoms with van der Waals surface area (Å²) in [4.78, 5) is 42.0. The fraction of sp³-hybridized carbons (Fsp3) is 0.318. The van der Waals surface area contributed by atoms with Crippen LogP contribution >= 0.6 is 0 Å². The number of ketones is 2. The second-order valence-electron chi connectivity index (χ2n) is 7.37. The van der Waals surface area contributed by atoms with Gasteiger partial charge in [0.25, 0.3) is 5.91 Å². The number of likely N-dealkylation sites (tertiary alicyclic amines) is 1. The number of hydrogen-bond acceptors (Lipinski definition) is 4. The van der Waals surface area contributed by atoms with Gasteiger partial charge < -0.3 is 9.80 Å². The zero-order valence-corrected chi connectivity index (χ0v) is 16.2. The largest absolute Gasteiger partial charge is 0.327 e. The molecule has 0 radical (unpaired) electrons. The zero-order chi connectivity index (χ0) is 20.4. The number of Topliss-reactive ketones (excluding diaryl/α,β-unsaturated/α-hetero) is 2. The molecule has 28 heavy (non-hydrogen) atoms. The highest BCUT2D eigenvalue weighted by atomic mass is 19.1. The Bertz CT molecular complexity index is 891. The second-order valence-corrected chi connectivity index (χ2v) is 7.37. The molecule has 2 unspecified atom stereocenters. The predicted molar refractivity (Wildman–Crippen MR) is 103 cm³/mol. The first-order chi connectivity index (χ1) is 13.3. The lowest BCUT2D eigenvalue weighted by molar-refractivity contribution is -0.140. The van der Waals surface area contributed by atoms with Gasteiger partial charge in [-0.05, 0) is 38.7 Å². The fourth-order valence-corrected chi connectivity index (χ4v) is 3.46. The van der Waals surface area contributed by atoms with Crippen LogP contribution in [0.25, 0.3) is 0 Å². The molecule has 5 nitrogen and oxygen atoms in total. The number of halogens is 1. The molecule has 6 heteroatoms. The van der Waals surface area contributed by atoms with Crippen molar-refractivity contribution in [2.24, 2.45) is 5.92 Å². The number of carbonyl (C=O) groups is 3. The molecule has 1 fully saturated rings. The van der Waals surface area contributed by atoms with E-state index in [2.05, 4.69) is 0 Å². The lowest BCUT2D eigenvalue weighted by Crippen LogP contribution is -2.36. The molecule has 0 aromatic heterocycles. The normalized spacial score (nSPS) is 19.5. The molecule has 0 aliphatic carbocycles. The van der Waals surface area contributed by atoms with Gasteiger partial charge in [0.1, 0.15) is 11.7 Å². The van der Waals surface area contributed by atoms with Gasteiger partial charge >= 0.3 is 0 Å². The van der Waals surface area contributed by atoms with Gasteiger partial charge in [-0.1, -0.05) is 42.0 Å². The van der Waals surface area contributed by atoms with Crippen LogP contribution in [-0.4, -0.2) is 54.5 Å². The first-order valence-electron chi connectivity index (χ1n) is 9.15. The summed E-state index contributed by atoms with van der Waals surface area (Å²) < 4.78 is 13.4. The minimum Gasteiger partial charge on any atom is -0.327 e. The molecule has 0 saturated carbocycles. The molecular weight excluding hydrogens is 359 g/mol. The first-order valence-corrected chi connectivity index (χ1v) is 9.15. The van der Waals surface area contributed by atoms with E-state index in [0.29, 0.717) is 24.2 Å². The van der Waals surface area contributed by atoms with Crippen LogP contribution in [0.1, 0.15) is 27.5 Å². The van der Waals surface area contributed by atoms with Crippen molar-refractivity contribution in [3.63, 3.8) is 0 Å². The van der Waals surface area contributed by atoms with Gasteiger partial charge in [-0.3, -0.25) is 14.4 Å². The molecule has 2 atom stereocenters. The summed E-state index contributed by atoms with van der Waals surface area (Å²) >= 11 is 0. The van der Waals surface area contributed by atoms with Gasteiger partial charge in [0.15, 0.2) is 5.78 Å². The SMILES string of the molecule is Cc1ccc(C(=O)C2C(=O)C(=O)N(CCN(C)C)C2c2ccc(F)cc2)cc1. The number of aryl methyl sites for hydroxylation is 1. The topological polar surface area (TPSA) is 57.7 Å². The number of carbonyl (C=O) groups excluding carboxylic acids is 3. The summed E-state index contributed by atoms with van der Waals surface area (Å²) in [5, 5.41) is 0. The number of rotatable bonds is 6. The van der Waals surface area contributed by atoms with Crippen molar-refractivity contribution in [2.45, 2.75) is 13.0 Å².